The average molecular weight is 546 g/mol. The number of hydrogen-bond acceptors (Lipinski definition) is 6. The van der Waals surface area contributed by atoms with Gasteiger partial charge in [-0.3, -0.25) is 9.59 Å². The fourth-order valence-electron chi connectivity index (χ4n) is 4.20. The molecule has 2 amide bonds. The number of carbonyl (C=O) groups excluding carboxylic acids is 2. The number of benzene rings is 3. The summed E-state index contributed by atoms with van der Waals surface area (Å²) in [6.45, 7) is 10.1. The van der Waals surface area contributed by atoms with E-state index < -0.39 is 11.9 Å². The van der Waals surface area contributed by atoms with E-state index in [1.54, 1.807) is 19.2 Å². The Morgan fingerprint density at radius 1 is 0.925 bits per heavy atom. The normalized spacial score (nSPS) is 11.8. The number of methoxy groups -OCH3 is 1. The Balaban J connectivity index is 1.57. The highest BCUT2D eigenvalue weighted by Gasteiger charge is 2.22. The van der Waals surface area contributed by atoms with Gasteiger partial charge < -0.3 is 19.5 Å². The summed E-state index contributed by atoms with van der Waals surface area (Å²) in [4.78, 5) is 25.5. The van der Waals surface area contributed by atoms with Crippen LogP contribution in [-0.2, 0) is 16.2 Å². The summed E-state index contributed by atoms with van der Waals surface area (Å²) < 4.78 is 17.2. The molecule has 0 unspecified atom stereocenters. The van der Waals surface area contributed by atoms with Crippen molar-refractivity contribution in [3.8, 4) is 17.2 Å². The summed E-state index contributed by atoms with van der Waals surface area (Å²) >= 11 is 0. The summed E-state index contributed by atoms with van der Waals surface area (Å²) in [6, 6.07) is 18.6. The molecule has 0 aliphatic heterocycles. The minimum absolute atomic E-state index is 0.177. The van der Waals surface area contributed by atoms with Gasteiger partial charge in [0.05, 0.1) is 13.3 Å². The Morgan fingerprint density at radius 3 is 2.33 bits per heavy atom. The minimum atomic E-state index is -0.752. The molecule has 8 nitrogen and oxygen atoms in total. The molecule has 0 radical (unpaired) electrons. The van der Waals surface area contributed by atoms with Crippen molar-refractivity contribution in [1.29, 1.82) is 0 Å². The van der Waals surface area contributed by atoms with E-state index in [0.29, 0.717) is 35.8 Å². The van der Waals surface area contributed by atoms with E-state index in [1.165, 1.54) is 11.8 Å². The molecule has 8 heteroatoms. The van der Waals surface area contributed by atoms with E-state index in [2.05, 4.69) is 21.9 Å². The molecule has 0 fully saturated rings. The molecule has 0 saturated heterocycles. The van der Waals surface area contributed by atoms with Crippen LogP contribution in [0, 0.1) is 26.7 Å². The Morgan fingerprint density at radius 2 is 1.65 bits per heavy atom. The molecule has 1 atom stereocenters. The quantitative estimate of drug-likeness (QED) is 0.226. The zero-order chi connectivity index (χ0) is 29.1. The first kappa shape index (κ1) is 30.2. The largest absolute Gasteiger partial charge is 0.493 e. The highest BCUT2D eigenvalue weighted by molar-refractivity contribution is 5.89. The fourth-order valence-corrected chi connectivity index (χ4v) is 4.20. The first-order valence-corrected chi connectivity index (χ1v) is 13.3. The molecular formula is C32H39N3O5. The zero-order valence-corrected chi connectivity index (χ0v) is 24.1. The molecular weight excluding hydrogens is 506 g/mol. The van der Waals surface area contributed by atoms with E-state index in [1.807, 2.05) is 77.1 Å². The van der Waals surface area contributed by atoms with Crippen LogP contribution in [0.1, 0.15) is 48.1 Å². The van der Waals surface area contributed by atoms with Gasteiger partial charge in [0, 0.05) is 0 Å². The van der Waals surface area contributed by atoms with Crippen LogP contribution < -0.4 is 25.0 Å². The lowest BCUT2D eigenvalue weighted by atomic mass is 10.0. The van der Waals surface area contributed by atoms with Crippen LogP contribution in [0.3, 0.4) is 0 Å². The summed E-state index contributed by atoms with van der Waals surface area (Å²) in [7, 11) is 1.57. The topological polar surface area (TPSA) is 98.2 Å². The van der Waals surface area contributed by atoms with Crippen molar-refractivity contribution in [2.45, 2.75) is 53.7 Å². The number of para-hydroxylation sites is 1. The zero-order valence-electron chi connectivity index (χ0n) is 24.1. The van der Waals surface area contributed by atoms with Gasteiger partial charge in [-0.1, -0.05) is 61.9 Å². The SMILES string of the molecule is COc1cc(/C=N\NC(=O)[C@H](CC(C)C)NC(=O)COc2c(C)cccc2C)ccc1OCc1cccc(C)c1. The van der Waals surface area contributed by atoms with Crippen LogP contribution in [0.4, 0.5) is 0 Å². The number of rotatable bonds is 13. The summed E-state index contributed by atoms with van der Waals surface area (Å²) in [6.07, 6.45) is 1.97. The monoisotopic (exact) mass is 545 g/mol. The van der Waals surface area contributed by atoms with Gasteiger partial charge in [0.2, 0.25) is 0 Å². The maximum Gasteiger partial charge on any atom is 0.262 e. The number of nitrogens with zero attached hydrogens (tertiary/aromatic N) is 1. The van der Waals surface area contributed by atoms with Gasteiger partial charge in [-0.25, -0.2) is 5.43 Å². The predicted octanol–water partition coefficient (Wildman–Crippen LogP) is 5.26. The van der Waals surface area contributed by atoms with Crippen LogP contribution in [0.2, 0.25) is 0 Å². The van der Waals surface area contributed by atoms with Crippen molar-refractivity contribution in [2.24, 2.45) is 11.0 Å². The Labute approximate surface area is 236 Å². The predicted molar refractivity (Wildman–Crippen MR) is 157 cm³/mol. The van der Waals surface area contributed by atoms with Crippen LogP contribution in [0.25, 0.3) is 0 Å². The summed E-state index contributed by atoms with van der Waals surface area (Å²) in [5, 5.41) is 6.87. The Hall–Kier alpha value is -4.33. The second-order valence-electron chi connectivity index (χ2n) is 10.2. The van der Waals surface area contributed by atoms with Gasteiger partial charge >= 0.3 is 0 Å². The number of nitrogens with one attached hydrogen (secondary N) is 2. The number of carbonyl (C=O) groups is 2. The molecule has 0 aliphatic carbocycles. The highest BCUT2D eigenvalue weighted by atomic mass is 16.5. The van der Waals surface area contributed by atoms with E-state index in [0.717, 1.165) is 16.7 Å². The average Bonchev–Trinajstić information content (AvgIpc) is 2.91. The molecule has 3 aromatic carbocycles. The van der Waals surface area contributed by atoms with Crippen LogP contribution in [0.5, 0.6) is 17.2 Å². The molecule has 0 heterocycles. The number of hydrogen-bond donors (Lipinski definition) is 2. The van der Waals surface area contributed by atoms with E-state index in [9.17, 15) is 9.59 Å². The molecule has 2 N–H and O–H groups in total. The third-order valence-electron chi connectivity index (χ3n) is 6.17. The number of hydrazone groups is 1. The number of ether oxygens (including phenoxy) is 3. The first-order valence-electron chi connectivity index (χ1n) is 13.3. The first-order chi connectivity index (χ1) is 19.2. The number of amides is 2. The lowest BCUT2D eigenvalue weighted by Crippen LogP contribution is -2.47. The van der Waals surface area contributed by atoms with Crippen molar-refractivity contribution in [3.63, 3.8) is 0 Å². The van der Waals surface area contributed by atoms with Crippen molar-refractivity contribution >= 4 is 18.0 Å². The van der Waals surface area contributed by atoms with Crippen molar-refractivity contribution in [2.75, 3.05) is 13.7 Å². The Kier molecular flexibility index (Phi) is 11.1. The van der Waals surface area contributed by atoms with E-state index in [-0.39, 0.29) is 18.4 Å². The van der Waals surface area contributed by atoms with Crippen molar-refractivity contribution in [3.05, 3.63) is 88.5 Å². The second kappa shape index (κ2) is 14.7. The molecule has 0 saturated carbocycles. The maximum absolute atomic E-state index is 12.9. The third kappa shape index (κ3) is 9.15. The van der Waals surface area contributed by atoms with Crippen molar-refractivity contribution < 1.29 is 23.8 Å². The maximum atomic E-state index is 12.9. The van der Waals surface area contributed by atoms with Gasteiger partial charge in [-0.2, -0.15) is 5.10 Å². The molecule has 0 bridgehead atoms. The molecule has 3 rings (SSSR count). The standard InChI is InChI=1S/C32H39N3O5/c1-21(2)15-27(34-30(36)20-40-31-23(4)10-8-11-24(31)5)32(37)35-33-18-25-13-14-28(29(17-25)38-6)39-19-26-12-7-9-22(3)16-26/h7-14,16-18,21,27H,15,19-20H2,1-6H3,(H,34,36)(H,35,37)/b33-18-/t27-/m0/s1. The van der Waals surface area contributed by atoms with Crippen LogP contribution in [-0.4, -0.2) is 37.8 Å². The van der Waals surface area contributed by atoms with E-state index in [4.69, 9.17) is 14.2 Å². The Bertz CT molecular complexity index is 1320. The van der Waals surface area contributed by atoms with Crippen molar-refractivity contribution in [1.82, 2.24) is 10.7 Å². The van der Waals surface area contributed by atoms with Gasteiger partial charge in [0.15, 0.2) is 18.1 Å². The lowest BCUT2D eigenvalue weighted by molar-refractivity contribution is -0.130. The van der Waals surface area contributed by atoms with Gasteiger partial charge in [-0.15, -0.1) is 0 Å². The highest BCUT2D eigenvalue weighted by Crippen LogP contribution is 2.28. The summed E-state index contributed by atoms with van der Waals surface area (Å²) in [5.74, 6) is 1.23. The van der Waals surface area contributed by atoms with E-state index >= 15 is 0 Å². The summed E-state index contributed by atoms with van der Waals surface area (Å²) in [5.41, 5.74) is 7.38. The minimum Gasteiger partial charge on any atom is -0.493 e. The molecule has 0 aliphatic rings. The van der Waals surface area contributed by atoms with Gasteiger partial charge in [0.1, 0.15) is 18.4 Å². The molecule has 212 valence electrons. The molecule has 0 spiro atoms. The van der Waals surface area contributed by atoms with Crippen LogP contribution >= 0.6 is 0 Å². The fraction of sp³-hybridized carbons (Fsp3) is 0.344. The van der Waals surface area contributed by atoms with Gasteiger partial charge in [0.25, 0.3) is 11.8 Å². The van der Waals surface area contributed by atoms with Crippen LogP contribution in [0.15, 0.2) is 65.8 Å². The van der Waals surface area contributed by atoms with Gasteiger partial charge in [-0.05, 0) is 73.6 Å². The lowest BCUT2D eigenvalue weighted by Gasteiger charge is -2.19. The smallest absolute Gasteiger partial charge is 0.262 e. The molecule has 3 aromatic rings. The second-order valence-corrected chi connectivity index (χ2v) is 10.2. The third-order valence-corrected chi connectivity index (χ3v) is 6.17. The molecule has 0 aromatic heterocycles. The molecule has 40 heavy (non-hydrogen) atoms. The number of aryl methyl sites for hydroxylation is 3.